The van der Waals surface area contributed by atoms with Crippen LogP contribution in [0.5, 0.6) is 0 Å². The molecule has 1 aliphatic heterocycles. The van der Waals surface area contributed by atoms with Gasteiger partial charge in [0.15, 0.2) is 0 Å². The second-order valence-electron chi connectivity index (χ2n) is 6.21. The van der Waals surface area contributed by atoms with Gasteiger partial charge in [-0.25, -0.2) is 0 Å². The van der Waals surface area contributed by atoms with Crippen LogP contribution < -0.4 is 10.8 Å². The van der Waals surface area contributed by atoms with Crippen molar-refractivity contribution < 1.29 is 14.5 Å². The molecule has 22 heavy (non-hydrogen) atoms. The van der Waals surface area contributed by atoms with Gasteiger partial charge in [0.1, 0.15) is 0 Å². The van der Waals surface area contributed by atoms with E-state index in [2.05, 4.69) is 11.4 Å². The number of fused-ring (bicyclic) bond motifs is 1. The highest BCUT2D eigenvalue weighted by Gasteiger charge is 2.33. The van der Waals surface area contributed by atoms with Gasteiger partial charge in [0.25, 0.3) is 5.91 Å². The Labute approximate surface area is 130 Å². The van der Waals surface area contributed by atoms with E-state index in [0.717, 1.165) is 31.2 Å². The van der Waals surface area contributed by atoms with E-state index in [1.54, 1.807) is 18.2 Å². The van der Waals surface area contributed by atoms with Gasteiger partial charge in [-0.1, -0.05) is 25.3 Å². The third kappa shape index (κ3) is 2.87. The standard InChI is InChI=1S/C16H19BN2O3/c18-10-16(6-2-1-3-7-16)11-19-15(20)12-4-5-13-9-22-17(21)14(13)8-12/h4-5,8,21H,1-3,6-7,9,11H2,(H,19,20). The summed E-state index contributed by atoms with van der Waals surface area (Å²) in [7, 11) is -0.952. The first-order valence-corrected chi connectivity index (χ1v) is 7.75. The molecule has 3 rings (SSSR count). The molecule has 1 fully saturated rings. The lowest BCUT2D eigenvalue weighted by Crippen LogP contribution is -2.38. The Morgan fingerprint density at radius 2 is 2.18 bits per heavy atom. The third-order valence-electron chi connectivity index (χ3n) is 4.71. The lowest BCUT2D eigenvalue weighted by Gasteiger charge is -2.30. The lowest BCUT2D eigenvalue weighted by atomic mass is 9.75. The molecule has 1 amide bonds. The summed E-state index contributed by atoms with van der Waals surface area (Å²) >= 11 is 0. The number of carbonyl (C=O) groups excluding carboxylic acids is 1. The van der Waals surface area contributed by atoms with Gasteiger partial charge < -0.3 is 15.0 Å². The van der Waals surface area contributed by atoms with E-state index in [0.29, 0.717) is 24.2 Å². The molecule has 1 aromatic rings. The van der Waals surface area contributed by atoms with Gasteiger partial charge in [0, 0.05) is 12.1 Å². The maximum atomic E-state index is 12.3. The molecule has 0 bridgehead atoms. The zero-order valence-electron chi connectivity index (χ0n) is 12.5. The van der Waals surface area contributed by atoms with Crippen LogP contribution in [0.15, 0.2) is 18.2 Å². The molecule has 114 valence electrons. The average molecular weight is 298 g/mol. The predicted octanol–water partition coefficient (Wildman–Crippen LogP) is 1.11. The average Bonchev–Trinajstić information content (AvgIpc) is 2.94. The van der Waals surface area contributed by atoms with Crippen molar-refractivity contribution in [2.24, 2.45) is 5.41 Å². The summed E-state index contributed by atoms with van der Waals surface area (Å²) in [4.78, 5) is 12.3. The van der Waals surface area contributed by atoms with Crippen molar-refractivity contribution in [3.8, 4) is 6.07 Å². The van der Waals surface area contributed by atoms with Crippen molar-refractivity contribution in [3.05, 3.63) is 29.3 Å². The van der Waals surface area contributed by atoms with Gasteiger partial charge in [-0.05, 0) is 36.0 Å². The molecule has 1 saturated carbocycles. The summed E-state index contributed by atoms with van der Waals surface area (Å²) in [6.45, 7) is 0.758. The topological polar surface area (TPSA) is 82.4 Å². The van der Waals surface area contributed by atoms with Crippen LogP contribution in [0.4, 0.5) is 0 Å². The Morgan fingerprint density at radius 3 is 2.91 bits per heavy atom. The normalized spacial score (nSPS) is 19.4. The lowest BCUT2D eigenvalue weighted by molar-refractivity contribution is 0.0932. The number of nitrogens with zero attached hydrogens (tertiary/aromatic N) is 1. The summed E-state index contributed by atoms with van der Waals surface area (Å²) in [5, 5.41) is 22.0. The first-order chi connectivity index (χ1) is 10.6. The highest BCUT2D eigenvalue weighted by Crippen LogP contribution is 2.35. The molecule has 5 nitrogen and oxygen atoms in total. The summed E-state index contributed by atoms with van der Waals surface area (Å²) < 4.78 is 5.13. The first-order valence-electron chi connectivity index (χ1n) is 7.75. The molecule has 1 heterocycles. The molecule has 1 aliphatic carbocycles. The minimum atomic E-state index is -0.952. The molecule has 0 unspecified atom stereocenters. The van der Waals surface area contributed by atoms with Crippen molar-refractivity contribution in [1.29, 1.82) is 5.26 Å². The largest absolute Gasteiger partial charge is 0.491 e. The summed E-state index contributed by atoms with van der Waals surface area (Å²) in [5.41, 5.74) is 1.63. The molecule has 2 N–H and O–H groups in total. The molecule has 0 saturated heterocycles. The van der Waals surface area contributed by atoms with E-state index in [4.69, 9.17) is 4.65 Å². The van der Waals surface area contributed by atoms with E-state index in [1.807, 2.05) is 0 Å². The van der Waals surface area contributed by atoms with E-state index >= 15 is 0 Å². The summed E-state index contributed by atoms with van der Waals surface area (Å²) in [6.07, 6.45) is 4.96. The Hall–Kier alpha value is -1.84. The van der Waals surface area contributed by atoms with E-state index < -0.39 is 12.5 Å². The molecule has 6 heteroatoms. The Bertz CT molecular complexity index is 620. The zero-order chi connectivity index (χ0) is 15.6. The number of nitrogens with one attached hydrogen (secondary N) is 1. The van der Waals surface area contributed by atoms with Crippen molar-refractivity contribution in [1.82, 2.24) is 5.32 Å². The van der Waals surface area contributed by atoms with Crippen molar-refractivity contribution in [2.45, 2.75) is 38.7 Å². The fourth-order valence-electron chi connectivity index (χ4n) is 3.26. The Morgan fingerprint density at radius 1 is 1.41 bits per heavy atom. The van der Waals surface area contributed by atoms with Crippen LogP contribution in [0.3, 0.4) is 0 Å². The monoisotopic (exact) mass is 298 g/mol. The van der Waals surface area contributed by atoms with E-state index in [1.165, 1.54) is 6.42 Å². The van der Waals surface area contributed by atoms with E-state index in [9.17, 15) is 15.1 Å². The van der Waals surface area contributed by atoms with Crippen molar-refractivity contribution in [2.75, 3.05) is 6.54 Å². The SMILES string of the molecule is N#CC1(CNC(=O)c2ccc3c(c2)B(O)OC3)CCCCC1. The van der Waals surface area contributed by atoms with Crippen LogP contribution in [0, 0.1) is 16.7 Å². The third-order valence-corrected chi connectivity index (χ3v) is 4.71. The van der Waals surface area contributed by atoms with Gasteiger partial charge >= 0.3 is 7.12 Å². The smallest absolute Gasteiger partial charge is 0.423 e. The van der Waals surface area contributed by atoms with Gasteiger partial charge in [0.2, 0.25) is 0 Å². The van der Waals surface area contributed by atoms with Crippen LogP contribution in [-0.4, -0.2) is 24.6 Å². The molecular weight excluding hydrogens is 279 g/mol. The van der Waals surface area contributed by atoms with Crippen LogP contribution in [0.1, 0.15) is 48.0 Å². The minimum absolute atomic E-state index is 0.206. The number of rotatable bonds is 3. The minimum Gasteiger partial charge on any atom is -0.423 e. The Kier molecular flexibility index (Phi) is 4.19. The molecule has 0 atom stereocenters. The highest BCUT2D eigenvalue weighted by molar-refractivity contribution is 6.61. The fourth-order valence-corrected chi connectivity index (χ4v) is 3.26. The molecular formula is C16H19BN2O3. The fraction of sp³-hybridized carbons (Fsp3) is 0.500. The second kappa shape index (κ2) is 6.11. The highest BCUT2D eigenvalue weighted by atomic mass is 16.5. The summed E-state index contributed by atoms with van der Waals surface area (Å²) in [6, 6.07) is 7.61. The maximum absolute atomic E-state index is 12.3. The molecule has 1 aromatic carbocycles. The van der Waals surface area contributed by atoms with Crippen LogP contribution >= 0.6 is 0 Å². The number of nitriles is 1. The molecule has 2 aliphatic rings. The number of benzene rings is 1. The van der Waals surface area contributed by atoms with Crippen LogP contribution in [0.25, 0.3) is 0 Å². The molecule has 0 aromatic heterocycles. The maximum Gasteiger partial charge on any atom is 0.491 e. The van der Waals surface area contributed by atoms with E-state index in [-0.39, 0.29) is 5.91 Å². The van der Waals surface area contributed by atoms with Crippen molar-refractivity contribution in [3.63, 3.8) is 0 Å². The quantitative estimate of drug-likeness (QED) is 0.819. The van der Waals surface area contributed by atoms with Crippen LogP contribution in [0.2, 0.25) is 0 Å². The number of amides is 1. The van der Waals surface area contributed by atoms with Gasteiger partial charge in [-0.2, -0.15) is 5.26 Å². The first kappa shape index (κ1) is 15.1. The van der Waals surface area contributed by atoms with Crippen molar-refractivity contribution >= 4 is 18.5 Å². The number of carbonyl (C=O) groups is 1. The number of hydrogen-bond acceptors (Lipinski definition) is 4. The van der Waals surface area contributed by atoms with Gasteiger partial charge in [-0.3, -0.25) is 4.79 Å². The van der Waals surface area contributed by atoms with Crippen LogP contribution in [-0.2, 0) is 11.3 Å². The summed E-state index contributed by atoms with van der Waals surface area (Å²) in [5.74, 6) is -0.206. The zero-order valence-corrected chi connectivity index (χ0v) is 12.5. The van der Waals surface area contributed by atoms with Gasteiger partial charge in [-0.15, -0.1) is 0 Å². The molecule has 0 spiro atoms. The molecule has 0 radical (unpaired) electrons. The second-order valence-corrected chi connectivity index (χ2v) is 6.21. The number of hydrogen-bond donors (Lipinski definition) is 2. The predicted molar refractivity (Wildman–Crippen MR) is 82.3 cm³/mol. The Balaban J connectivity index is 1.67. The van der Waals surface area contributed by atoms with Gasteiger partial charge in [0.05, 0.1) is 18.1 Å².